The van der Waals surface area contributed by atoms with Gasteiger partial charge in [-0.15, -0.1) is 0 Å². The van der Waals surface area contributed by atoms with Crippen LogP contribution in [0.4, 0.5) is 0 Å². The van der Waals surface area contributed by atoms with E-state index in [1.165, 1.54) is 7.05 Å². The Morgan fingerprint density at radius 3 is 2.54 bits per heavy atom. The summed E-state index contributed by atoms with van der Waals surface area (Å²) in [6.07, 6.45) is 0.482. The molecule has 1 atom stereocenters. The lowest BCUT2D eigenvalue weighted by molar-refractivity contribution is -0.127. The topological polar surface area (TPSA) is 101 Å². The summed E-state index contributed by atoms with van der Waals surface area (Å²) in [4.78, 5) is 31.5. The van der Waals surface area contributed by atoms with Crippen LogP contribution in [0.5, 0.6) is 0 Å². The van der Waals surface area contributed by atoms with Crippen LogP contribution in [-0.4, -0.2) is 37.7 Å². The molecule has 0 radical (unpaired) electrons. The summed E-state index contributed by atoms with van der Waals surface area (Å²) >= 11 is 0. The number of rotatable bonds is 6. The van der Waals surface area contributed by atoms with E-state index in [9.17, 15) is 14.4 Å². The Kier molecular flexibility index (Phi) is 5.45. The van der Waals surface area contributed by atoms with E-state index < -0.39 is 17.9 Å². The first-order valence-corrected chi connectivity index (χ1v) is 3.78. The van der Waals surface area contributed by atoms with E-state index in [2.05, 4.69) is 10.6 Å². The van der Waals surface area contributed by atoms with E-state index in [0.717, 1.165) is 0 Å². The summed E-state index contributed by atoms with van der Waals surface area (Å²) in [7, 11) is 1.54. The van der Waals surface area contributed by atoms with Crippen molar-refractivity contribution in [2.75, 3.05) is 13.6 Å². The van der Waals surface area contributed by atoms with E-state index in [1.807, 2.05) is 0 Å². The first-order valence-electron chi connectivity index (χ1n) is 3.78. The molecule has 0 fully saturated rings. The third kappa shape index (κ3) is 4.91. The highest BCUT2D eigenvalue weighted by Gasteiger charge is 2.17. The number of amides is 2. The van der Waals surface area contributed by atoms with E-state index in [1.54, 1.807) is 0 Å². The summed E-state index contributed by atoms with van der Waals surface area (Å²) in [5.74, 6) is -0.978. The number of aldehydes is 1. The maximum Gasteiger partial charge on any atom is 0.238 e. The van der Waals surface area contributed by atoms with Crippen LogP contribution < -0.4 is 16.4 Å². The maximum absolute atomic E-state index is 11.1. The molecule has 6 heteroatoms. The lowest BCUT2D eigenvalue weighted by Crippen LogP contribution is -2.45. The molecule has 0 rings (SSSR count). The minimum absolute atomic E-state index is 0.0597. The zero-order valence-corrected chi connectivity index (χ0v) is 7.37. The van der Waals surface area contributed by atoms with Crippen molar-refractivity contribution < 1.29 is 14.4 Å². The van der Waals surface area contributed by atoms with Gasteiger partial charge >= 0.3 is 0 Å². The Bertz CT molecular complexity index is 205. The monoisotopic (exact) mass is 187 g/mol. The van der Waals surface area contributed by atoms with Crippen LogP contribution in [0.25, 0.3) is 0 Å². The van der Waals surface area contributed by atoms with E-state index in [4.69, 9.17) is 5.73 Å². The van der Waals surface area contributed by atoms with Crippen LogP contribution in [0, 0.1) is 0 Å². The molecule has 0 aromatic rings. The number of hydrogen-bond donors (Lipinski definition) is 3. The molecule has 0 heterocycles. The third-order valence-corrected chi connectivity index (χ3v) is 1.43. The van der Waals surface area contributed by atoms with Gasteiger partial charge in [-0.05, 0) is 7.05 Å². The molecule has 0 aromatic heterocycles. The van der Waals surface area contributed by atoms with E-state index >= 15 is 0 Å². The minimum atomic E-state index is -0.669. The van der Waals surface area contributed by atoms with Gasteiger partial charge in [0.15, 0.2) is 0 Å². The van der Waals surface area contributed by atoms with Crippen LogP contribution in [0.3, 0.4) is 0 Å². The SMILES string of the molecule is CNC(CC(N)=O)C(=O)NCC=O. The van der Waals surface area contributed by atoms with Gasteiger partial charge in [0.2, 0.25) is 11.8 Å². The number of carbonyl (C=O) groups is 3. The van der Waals surface area contributed by atoms with E-state index in [0.29, 0.717) is 6.29 Å². The molecule has 0 bridgehead atoms. The molecular weight excluding hydrogens is 174 g/mol. The van der Waals surface area contributed by atoms with E-state index in [-0.39, 0.29) is 13.0 Å². The molecule has 0 aliphatic rings. The quantitative estimate of drug-likeness (QED) is 0.409. The summed E-state index contributed by atoms with van der Waals surface area (Å²) in [6.45, 7) is -0.0597. The number of primary amides is 1. The van der Waals surface area contributed by atoms with Crippen LogP contribution in [0.1, 0.15) is 6.42 Å². The second-order valence-electron chi connectivity index (χ2n) is 2.42. The van der Waals surface area contributed by atoms with Gasteiger partial charge in [0, 0.05) is 0 Å². The molecule has 13 heavy (non-hydrogen) atoms. The van der Waals surface area contributed by atoms with Crippen LogP contribution in [-0.2, 0) is 14.4 Å². The van der Waals surface area contributed by atoms with Crippen molar-refractivity contribution in [2.24, 2.45) is 5.73 Å². The second-order valence-corrected chi connectivity index (χ2v) is 2.42. The molecule has 0 saturated heterocycles. The van der Waals surface area contributed by atoms with Crippen LogP contribution in [0.2, 0.25) is 0 Å². The average Bonchev–Trinajstić information content (AvgIpc) is 2.09. The minimum Gasteiger partial charge on any atom is -0.370 e. The lowest BCUT2D eigenvalue weighted by atomic mass is 10.2. The van der Waals surface area contributed by atoms with Gasteiger partial charge in [-0.1, -0.05) is 0 Å². The number of nitrogens with one attached hydrogen (secondary N) is 2. The van der Waals surface area contributed by atoms with Gasteiger partial charge in [0.05, 0.1) is 19.0 Å². The maximum atomic E-state index is 11.1. The Morgan fingerprint density at radius 1 is 1.54 bits per heavy atom. The predicted molar refractivity (Wildman–Crippen MR) is 45.7 cm³/mol. The lowest BCUT2D eigenvalue weighted by Gasteiger charge is -2.12. The zero-order valence-electron chi connectivity index (χ0n) is 7.37. The third-order valence-electron chi connectivity index (χ3n) is 1.43. The molecule has 1 unspecified atom stereocenters. The Hall–Kier alpha value is -1.43. The molecule has 0 aliphatic carbocycles. The van der Waals surface area contributed by atoms with Gasteiger partial charge in [-0.3, -0.25) is 9.59 Å². The average molecular weight is 187 g/mol. The van der Waals surface area contributed by atoms with Gasteiger partial charge in [-0.25, -0.2) is 0 Å². The molecule has 6 nitrogen and oxygen atoms in total. The molecular formula is C7H13N3O3. The molecule has 0 saturated carbocycles. The highest BCUT2D eigenvalue weighted by Crippen LogP contribution is 1.89. The number of carbonyl (C=O) groups excluding carboxylic acids is 3. The molecule has 2 amide bonds. The van der Waals surface area contributed by atoms with Crippen molar-refractivity contribution in [3.8, 4) is 0 Å². The van der Waals surface area contributed by atoms with Crippen molar-refractivity contribution in [2.45, 2.75) is 12.5 Å². The molecule has 74 valence electrons. The fourth-order valence-corrected chi connectivity index (χ4v) is 0.792. The first-order chi connectivity index (χ1) is 6.11. The zero-order chi connectivity index (χ0) is 10.3. The Balaban J connectivity index is 3.98. The smallest absolute Gasteiger partial charge is 0.238 e. The highest BCUT2D eigenvalue weighted by molar-refractivity contribution is 5.88. The van der Waals surface area contributed by atoms with Gasteiger partial charge in [0.1, 0.15) is 6.29 Å². The molecule has 4 N–H and O–H groups in total. The number of hydrogen-bond acceptors (Lipinski definition) is 4. The van der Waals surface area contributed by atoms with Gasteiger partial charge < -0.3 is 21.2 Å². The Morgan fingerprint density at radius 2 is 2.15 bits per heavy atom. The summed E-state index contributed by atoms with van der Waals surface area (Å²) in [6, 6.07) is -0.669. The predicted octanol–water partition coefficient (Wildman–Crippen LogP) is -2.24. The summed E-state index contributed by atoms with van der Waals surface area (Å²) < 4.78 is 0. The fraction of sp³-hybridized carbons (Fsp3) is 0.571. The van der Waals surface area contributed by atoms with Crippen molar-refractivity contribution in [3.63, 3.8) is 0 Å². The molecule has 0 spiro atoms. The summed E-state index contributed by atoms with van der Waals surface area (Å²) in [5, 5.41) is 4.92. The fourth-order valence-electron chi connectivity index (χ4n) is 0.792. The van der Waals surface area contributed by atoms with Gasteiger partial charge in [0.25, 0.3) is 0 Å². The van der Waals surface area contributed by atoms with Crippen molar-refractivity contribution in [3.05, 3.63) is 0 Å². The first kappa shape index (κ1) is 11.6. The largest absolute Gasteiger partial charge is 0.370 e. The van der Waals surface area contributed by atoms with Crippen LogP contribution >= 0.6 is 0 Å². The van der Waals surface area contributed by atoms with Crippen molar-refractivity contribution in [1.29, 1.82) is 0 Å². The van der Waals surface area contributed by atoms with Gasteiger partial charge in [-0.2, -0.15) is 0 Å². The summed E-state index contributed by atoms with van der Waals surface area (Å²) in [5.41, 5.74) is 4.91. The van der Waals surface area contributed by atoms with Crippen molar-refractivity contribution in [1.82, 2.24) is 10.6 Å². The number of nitrogens with two attached hydrogens (primary N) is 1. The normalized spacial score (nSPS) is 11.8. The second kappa shape index (κ2) is 6.13. The number of likely N-dealkylation sites (N-methyl/N-ethyl adjacent to an activating group) is 1. The molecule has 0 aliphatic heterocycles. The Labute approximate surface area is 75.9 Å². The van der Waals surface area contributed by atoms with Crippen molar-refractivity contribution >= 4 is 18.1 Å². The van der Waals surface area contributed by atoms with Crippen LogP contribution in [0.15, 0.2) is 0 Å². The molecule has 0 aromatic carbocycles. The highest BCUT2D eigenvalue weighted by atomic mass is 16.2. The standard InChI is InChI=1S/C7H13N3O3/c1-9-5(4-6(8)12)7(13)10-2-3-11/h3,5,9H,2,4H2,1H3,(H2,8,12)(H,10,13).